The van der Waals surface area contributed by atoms with E-state index < -0.39 is 0 Å². The molecule has 53 heavy (non-hydrogen) atoms. The van der Waals surface area contributed by atoms with Crippen LogP contribution in [0.25, 0.3) is 104 Å². The van der Waals surface area contributed by atoms with Crippen molar-refractivity contribution in [2.45, 2.75) is 52.9 Å². The molecule has 12 rings (SSSR count). The van der Waals surface area contributed by atoms with E-state index in [1.54, 1.807) is 0 Å². The van der Waals surface area contributed by atoms with Gasteiger partial charge in [-0.05, 0) is 112 Å². The van der Waals surface area contributed by atoms with Crippen LogP contribution in [0.5, 0.6) is 0 Å². The molecule has 0 atom stereocenters. The molecule has 3 nitrogen and oxygen atoms in total. The first-order valence-corrected chi connectivity index (χ1v) is 19.0. The fourth-order valence-corrected chi connectivity index (χ4v) is 10.3. The van der Waals surface area contributed by atoms with Crippen molar-refractivity contribution in [3.63, 3.8) is 0 Å². The van der Waals surface area contributed by atoms with Crippen molar-refractivity contribution in [2.24, 2.45) is 0 Å². The highest BCUT2D eigenvalue weighted by atomic mass is 16.3. The summed E-state index contributed by atoms with van der Waals surface area (Å²) >= 11 is 0. The molecule has 0 amide bonds. The van der Waals surface area contributed by atoms with Crippen molar-refractivity contribution in [1.82, 2.24) is 4.40 Å². The standard InChI is InChI=1S/C50H37NO2/c1-25(2)45-39-21-28-20-37-31-12-6-8-18-41(31)52-43(37)23-35(28)29-14-10-15-30(27(29)5)47(39)46(26(3)4)50-48(45)34-17-11-16-33-36-24-44-38(22-40(36)51(50)49(33)34)32-13-7-9-19-42(32)53-44/h6-20,22-26H,21H2,1-5H3. The number of aromatic nitrogens is 1. The lowest BCUT2D eigenvalue weighted by Gasteiger charge is -2.29. The van der Waals surface area contributed by atoms with Gasteiger partial charge >= 0.3 is 0 Å². The van der Waals surface area contributed by atoms with Crippen molar-refractivity contribution in [2.75, 3.05) is 0 Å². The highest BCUT2D eigenvalue weighted by Gasteiger charge is 2.32. The SMILES string of the molecule is Cc1c2cccc1-c1c(c(C(C)C)c3c4cccc5c6cc7oc8ccccc8c7cc6n(c3c1C(C)C)c54)Cc1cc3c(cc1-2)oc1ccccc13. The van der Waals surface area contributed by atoms with Gasteiger partial charge in [-0.3, -0.25) is 0 Å². The molecule has 4 heterocycles. The minimum Gasteiger partial charge on any atom is -0.456 e. The van der Waals surface area contributed by atoms with Gasteiger partial charge in [0.05, 0.1) is 16.6 Å². The van der Waals surface area contributed by atoms with Gasteiger partial charge in [0.15, 0.2) is 0 Å². The Balaban J connectivity index is 1.30. The molecular weight excluding hydrogens is 647 g/mol. The monoisotopic (exact) mass is 683 g/mol. The van der Waals surface area contributed by atoms with Crippen LogP contribution in [-0.4, -0.2) is 4.40 Å². The molecule has 7 aromatic carbocycles. The highest BCUT2D eigenvalue weighted by molar-refractivity contribution is 6.27. The topological polar surface area (TPSA) is 30.7 Å². The molecule has 0 spiro atoms. The number of benzene rings is 7. The predicted molar refractivity (Wildman–Crippen MR) is 222 cm³/mol. The van der Waals surface area contributed by atoms with E-state index in [2.05, 4.69) is 148 Å². The fraction of sp³-hybridized carbons (Fsp3) is 0.160. The molecule has 0 saturated heterocycles. The van der Waals surface area contributed by atoms with Crippen molar-refractivity contribution in [3.8, 4) is 22.3 Å². The lowest BCUT2D eigenvalue weighted by molar-refractivity contribution is 0.668. The average molecular weight is 684 g/mol. The van der Waals surface area contributed by atoms with Crippen LogP contribution in [0.1, 0.15) is 67.3 Å². The molecule has 11 aromatic rings. The largest absolute Gasteiger partial charge is 0.456 e. The Labute approximate surface area is 306 Å². The summed E-state index contributed by atoms with van der Waals surface area (Å²) < 4.78 is 15.6. The lowest BCUT2D eigenvalue weighted by atomic mass is 9.75. The molecular formula is C50H37NO2. The van der Waals surface area contributed by atoms with Crippen LogP contribution in [0, 0.1) is 6.92 Å². The van der Waals surface area contributed by atoms with E-state index in [4.69, 9.17) is 8.83 Å². The van der Waals surface area contributed by atoms with Crippen LogP contribution in [-0.2, 0) is 6.42 Å². The molecule has 0 unspecified atom stereocenters. The summed E-state index contributed by atoms with van der Waals surface area (Å²) in [6.07, 6.45) is 0.857. The normalized spacial score (nSPS) is 13.3. The maximum atomic E-state index is 6.48. The summed E-state index contributed by atoms with van der Waals surface area (Å²) in [4.78, 5) is 0. The van der Waals surface area contributed by atoms with Crippen LogP contribution in [0.4, 0.5) is 0 Å². The third kappa shape index (κ3) is 3.65. The molecule has 0 fully saturated rings. The van der Waals surface area contributed by atoms with Gasteiger partial charge in [-0.1, -0.05) is 100 Å². The third-order valence-corrected chi connectivity index (χ3v) is 12.5. The van der Waals surface area contributed by atoms with Gasteiger partial charge in [0.25, 0.3) is 0 Å². The Bertz CT molecular complexity index is 3380. The first-order valence-electron chi connectivity index (χ1n) is 19.0. The van der Waals surface area contributed by atoms with Crippen LogP contribution in [0.15, 0.2) is 118 Å². The smallest absolute Gasteiger partial charge is 0.136 e. The number of para-hydroxylation sites is 3. The van der Waals surface area contributed by atoms with Gasteiger partial charge in [-0.15, -0.1) is 0 Å². The van der Waals surface area contributed by atoms with Crippen molar-refractivity contribution >= 4 is 82.0 Å². The summed E-state index contributed by atoms with van der Waals surface area (Å²) in [6.45, 7) is 11.9. The second-order valence-corrected chi connectivity index (χ2v) is 16.0. The summed E-state index contributed by atoms with van der Waals surface area (Å²) in [5.74, 6) is 0.584. The minimum atomic E-state index is 0.279. The van der Waals surface area contributed by atoms with Crippen LogP contribution >= 0.6 is 0 Å². The Morgan fingerprint density at radius 2 is 1.13 bits per heavy atom. The van der Waals surface area contributed by atoms with Gasteiger partial charge in [0.2, 0.25) is 0 Å². The van der Waals surface area contributed by atoms with E-state index in [-0.39, 0.29) is 5.92 Å². The predicted octanol–water partition coefficient (Wildman–Crippen LogP) is 14.4. The van der Waals surface area contributed by atoms with Gasteiger partial charge < -0.3 is 13.2 Å². The van der Waals surface area contributed by atoms with Gasteiger partial charge in [0, 0.05) is 43.1 Å². The van der Waals surface area contributed by atoms with Crippen molar-refractivity contribution in [3.05, 3.63) is 137 Å². The van der Waals surface area contributed by atoms with E-state index in [9.17, 15) is 0 Å². The molecule has 2 bridgehead atoms. The zero-order valence-corrected chi connectivity index (χ0v) is 30.5. The molecule has 4 aromatic heterocycles. The number of hydrogen-bond donors (Lipinski definition) is 0. The maximum Gasteiger partial charge on any atom is 0.136 e. The minimum absolute atomic E-state index is 0.279. The van der Waals surface area contributed by atoms with E-state index in [0.717, 1.165) is 34.1 Å². The molecule has 0 radical (unpaired) electrons. The number of nitrogens with zero attached hydrogens (tertiary/aromatic N) is 1. The second kappa shape index (κ2) is 10.1. The first kappa shape index (κ1) is 29.5. The fourth-order valence-electron chi connectivity index (χ4n) is 10.3. The van der Waals surface area contributed by atoms with Gasteiger partial charge in [-0.2, -0.15) is 0 Å². The molecule has 0 aliphatic heterocycles. The molecule has 1 aliphatic carbocycles. The highest BCUT2D eigenvalue weighted by Crippen LogP contribution is 2.53. The molecule has 0 saturated carbocycles. The Morgan fingerprint density at radius 1 is 0.509 bits per heavy atom. The Kier molecular flexibility index (Phi) is 5.61. The number of furan rings is 2. The van der Waals surface area contributed by atoms with Gasteiger partial charge in [0.1, 0.15) is 22.3 Å². The summed E-state index contributed by atoms with van der Waals surface area (Å²) in [6, 6.07) is 40.2. The van der Waals surface area contributed by atoms with Crippen LogP contribution in [0.2, 0.25) is 0 Å². The third-order valence-electron chi connectivity index (χ3n) is 12.5. The van der Waals surface area contributed by atoms with E-state index >= 15 is 0 Å². The Morgan fingerprint density at radius 3 is 1.87 bits per heavy atom. The summed E-state index contributed by atoms with van der Waals surface area (Å²) in [7, 11) is 0. The summed E-state index contributed by atoms with van der Waals surface area (Å²) in [5, 5.41) is 9.98. The number of fused-ring (bicyclic) bond motifs is 18. The number of hydrogen-bond acceptors (Lipinski definition) is 2. The zero-order valence-electron chi connectivity index (χ0n) is 30.5. The Hall–Kier alpha value is -6.06. The number of rotatable bonds is 2. The first-order chi connectivity index (χ1) is 25.9. The quantitative estimate of drug-likeness (QED) is 0.182. The second-order valence-electron chi connectivity index (χ2n) is 16.0. The zero-order chi connectivity index (χ0) is 35.4. The molecule has 1 aliphatic rings. The lowest BCUT2D eigenvalue weighted by Crippen LogP contribution is -2.11. The van der Waals surface area contributed by atoms with Gasteiger partial charge in [-0.25, -0.2) is 0 Å². The van der Waals surface area contributed by atoms with Crippen molar-refractivity contribution < 1.29 is 8.83 Å². The van der Waals surface area contributed by atoms with Crippen LogP contribution < -0.4 is 0 Å². The molecule has 254 valence electrons. The maximum absolute atomic E-state index is 6.48. The van der Waals surface area contributed by atoms with E-state index in [1.807, 2.05) is 0 Å². The summed E-state index contributed by atoms with van der Waals surface area (Å²) in [5.41, 5.74) is 20.1. The van der Waals surface area contributed by atoms with E-state index in [0.29, 0.717) is 5.92 Å². The molecule has 3 heteroatoms. The molecule has 0 N–H and O–H groups in total. The van der Waals surface area contributed by atoms with Crippen molar-refractivity contribution in [1.29, 1.82) is 0 Å². The average Bonchev–Trinajstić information content (AvgIpc) is 3.89. The van der Waals surface area contributed by atoms with Crippen LogP contribution in [0.3, 0.4) is 0 Å². The van der Waals surface area contributed by atoms with E-state index in [1.165, 1.54) is 104 Å².